The Morgan fingerprint density at radius 1 is 1.22 bits per heavy atom. The van der Waals surface area contributed by atoms with E-state index in [-0.39, 0.29) is 5.41 Å². The zero-order valence-corrected chi connectivity index (χ0v) is 14.2. The molecular weight excluding hydrogens is 284 g/mol. The Morgan fingerprint density at radius 2 is 2.00 bits per heavy atom. The van der Waals surface area contributed by atoms with Gasteiger partial charge in [0.1, 0.15) is 5.84 Å². The van der Waals surface area contributed by atoms with E-state index in [2.05, 4.69) is 34.3 Å². The molecule has 0 atom stereocenters. The molecule has 23 heavy (non-hydrogen) atoms. The van der Waals surface area contributed by atoms with Gasteiger partial charge in [-0.05, 0) is 68.5 Å². The van der Waals surface area contributed by atoms with Gasteiger partial charge in [0.15, 0.2) is 0 Å². The molecule has 0 bridgehead atoms. The molecule has 2 fully saturated rings. The Bertz CT molecular complexity index is 625. The fourth-order valence-electron chi connectivity index (χ4n) is 4.30. The highest BCUT2D eigenvalue weighted by molar-refractivity contribution is 6.00. The van der Waals surface area contributed by atoms with Crippen LogP contribution in [-0.4, -0.2) is 36.9 Å². The van der Waals surface area contributed by atoms with E-state index in [4.69, 9.17) is 5.73 Å². The van der Waals surface area contributed by atoms with Crippen molar-refractivity contribution in [1.82, 2.24) is 10.2 Å². The average Bonchev–Trinajstić information content (AvgIpc) is 3.08. The molecule has 1 aromatic rings. The molecule has 3 aliphatic rings. The number of hydrogen-bond acceptors (Lipinski definition) is 4. The van der Waals surface area contributed by atoms with E-state index in [0.717, 1.165) is 31.2 Å². The number of nitrogens with two attached hydrogens (primary N) is 1. The Kier molecular flexibility index (Phi) is 3.90. The zero-order valence-electron chi connectivity index (χ0n) is 14.2. The molecule has 1 aromatic carbocycles. The van der Waals surface area contributed by atoms with Gasteiger partial charge in [-0.1, -0.05) is 12.5 Å². The molecule has 1 aliphatic carbocycles. The SMILES string of the molecule is Cc1cc2c(cc1CNCCN1CCCC1)N=C(N)C21CCC1. The highest BCUT2D eigenvalue weighted by Gasteiger charge is 2.47. The Labute approximate surface area is 139 Å². The third-order valence-electron chi connectivity index (χ3n) is 6.03. The Hall–Kier alpha value is -1.39. The lowest BCUT2D eigenvalue weighted by Crippen LogP contribution is -2.44. The van der Waals surface area contributed by atoms with Crippen molar-refractivity contribution >= 4 is 11.5 Å². The average molecular weight is 312 g/mol. The second-order valence-electron chi connectivity index (χ2n) is 7.45. The van der Waals surface area contributed by atoms with Gasteiger partial charge >= 0.3 is 0 Å². The molecule has 4 heteroatoms. The number of aryl methyl sites for hydroxylation is 1. The van der Waals surface area contributed by atoms with Crippen molar-refractivity contribution in [3.8, 4) is 0 Å². The minimum Gasteiger partial charge on any atom is -0.386 e. The second-order valence-corrected chi connectivity index (χ2v) is 7.45. The number of nitrogens with one attached hydrogen (secondary N) is 1. The minimum absolute atomic E-state index is 0.0851. The summed E-state index contributed by atoms with van der Waals surface area (Å²) in [6.07, 6.45) is 6.34. The predicted octanol–water partition coefficient (Wildman–Crippen LogP) is 2.60. The van der Waals surface area contributed by atoms with Gasteiger partial charge in [-0.25, -0.2) is 4.99 Å². The van der Waals surface area contributed by atoms with Crippen molar-refractivity contribution in [2.24, 2.45) is 10.7 Å². The fraction of sp³-hybridized carbons (Fsp3) is 0.632. The van der Waals surface area contributed by atoms with Crippen LogP contribution >= 0.6 is 0 Å². The first kappa shape index (κ1) is 15.2. The first-order valence-electron chi connectivity index (χ1n) is 9.11. The van der Waals surface area contributed by atoms with Crippen molar-refractivity contribution in [2.75, 3.05) is 26.2 Å². The van der Waals surface area contributed by atoms with Gasteiger partial charge in [0.2, 0.25) is 0 Å². The van der Waals surface area contributed by atoms with Crippen molar-refractivity contribution in [1.29, 1.82) is 0 Å². The van der Waals surface area contributed by atoms with Gasteiger partial charge in [-0.2, -0.15) is 0 Å². The van der Waals surface area contributed by atoms with Crippen molar-refractivity contribution in [3.05, 3.63) is 28.8 Å². The Balaban J connectivity index is 1.41. The molecule has 124 valence electrons. The number of rotatable bonds is 5. The van der Waals surface area contributed by atoms with E-state index < -0.39 is 0 Å². The molecule has 2 heterocycles. The molecule has 0 amide bonds. The number of hydrogen-bond donors (Lipinski definition) is 2. The van der Waals surface area contributed by atoms with E-state index in [1.54, 1.807) is 0 Å². The van der Waals surface area contributed by atoms with Crippen LogP contribution in [0.4, 0.5) is 5.69 Å². The van der Waals surface area contributed by atoms with E-state index in [0.29, 0.717) is 0 Å². The number of fused-ring (bicyclic) bond motifs is 2. The van der Waals surface area contributed by atoms with E-state index in [1.165, 1.54) is 61.9 Å². The monoisotopic (exact) mass is 312 g/mol. The van der Waals surface area contributed by atoms with Crippen LogP contribution in [0.2, 0.25) is 0 Å². The molecule has 1 saturated heterocycles. The molecule has 0 unspecified atom stereocenters. The highest BCUT2D eigenvalue weighted by atomic mass is 15.1. The van der Waals surface area contributed by atoms with Gasteiger partial charge in [-0.3, -0.25) is 0 Å². The van der Waals surface area contributed by atoms with Crippen LogP contribution in [0.25, 0.3) is 0 Å². The first-order valence-corrected chi connectivity index (χ1v) is 9.11. The van der Waals surface area contributed by atoms with Crippen LogP contribution in [0.3, 0.4) is 0 Å². The molecule has 1 saturated carbocycles. The molecule has 2 aliphatic heterocycles. The number of benzene rings is 1. The second kappa shape index (κ2) is 5.91. The maximum Gasteiger partial charge on any atom is 0.110 e. The third kappa shape index (κ3) is 2.58. The standard InChI is InChI=1S/C19H28N4/c1-14-11-16-17(22-18(20)19(16)5-4-6-19)12-15(14)13-21-7-10-23-8-2-3-9-23/h11-12,21H,2-10,13H2,1H3,(H2,20,22). The van der Waals surface area contributed by atoms with E-state index >= 15 is 0 Å². The van der Waals surface area contributed by atoms with Crippen molar-refractivity contribution < 1.29 is 0 Å². The summed E-state index contributed by atoms with van der Waals surface area (Å²) in [5, 5.41) is 3.60. The summed E-state index contributed by atoms with van der Waals surface area (Å²) < 4.78 is 0. The van der Waals surface area contributed by atoms with Crippen LogP contribution in [0.5, 0.6) is 0 Å². The molecule has 4 rings (SSSR count). The molecule has 3 N–H and O–H groups in total. The van der Waals surface area contributed by atoms with Crippen molar-refractivity contribution in [2.45, 2.75) is 51.0 Å². The van der Waals surface area contributed by atoms with Crippen LogP contribution in [0.15, 0.2) is 17.1 Å². The Morgan fingerprint density at radius 3 is 2.70 bits per heavy atom. The van der Waals surface area contributed by atoms with E-state index in [9.17, 15) is 0 Å². The topological polar surface area (TPSA) is 53.6 Å². The first-order chi connectivity index (χ1) is 11.2. The largest absolute Gasteiger partial charge is 0.386 e. The van der Waals surface area contributed by atoms with Gasteiger partial charge in [0.05, 0.1) is 11.1 Å². The molecular formula is C19H28N4. The van der Waals surface area contributed by atoms with Gasteiger partial charge < -0.3 is 16.0 Å². The maximum absolute atomic E-state index is 6.25. The lowest BCUT2D eigenvalue weighted by atomic mass is 9.64. The number of aliphatic imine (C=N–C) groups is 1. The molecule has 4 nitrogen and oxygen atoms in total. The zero-order chi connectivity index (χ0) is 15.9. The summed E-state index contributed by atoms with van der Waals surface area (Å²) in [6, 6.07) is 4.60. The lowest BCUT2D eigenvalue weighted by molar-refractivity contribution is 0.335. The summed E-state index contributed by atoms with van der Waals surface area (Å²) >= 11 is 0. The summed E-state index contributed by atoms with van der Waals surface area (Å²) in [7, 11) is 0. The van der Waals surface area contributed by atoms with Crippen molar-refractivity contribution in [3.63, 3.8) is 0 Å². The third-order valence-corrected chi connectivity index (χ3v) is 6.03. The van der Waals surface area contributed by atoms with E-state index in [1.807, 2.05) is 0 Å². The van der Waals surface area contributed by atoms with Gasteiger partial charge in [0.25, 0.3) is 0 Å². The number of amidine groups is 1. The fourth-order valence-corrected chi connectivity index (χ4v) is 4.30. The summed E-state index contributed by atoms with van der Waals surface area (Å²) in [4.78, 5) is 7.23. The normalized spacial score (nSPS) is 22.2. The van der Waals surface area contributed by atoms with Gasteiger partial charge in [-0.15, -0.1) is 0 Å². The molecule has 1 spiro atoms. The summed E-state index contributed by atoms with van der Waals surface area (Å²) in [5.74, 6) is 0.845. The molecule has 0 radical (unpaired) electrons. The van der Waals surface area contributed by atoms with Crippen LogP contribution < -0.4 is 11.1 Å². The number of nitrogens with zero attached hydrogens (tertiary/aromatic N) is 2. The van der Waals surface area contributed by atoms with Gasteiger partial charge in [0, 0.05) is 19.6 Å². The predicted molar refractivity (Wildman–Crippen MR) is 95.4 cm³/mol. The number of likely N-dealkylation sites (tertiary alicyclic amines) is 1. The lowest BCUT2D eigenvalue weighted by Gasteiger charge is -2.39. The summed E-state index contributed by atoms with van der Waals surface area (Å²) in [5.41, 5.74) is 11.5. The maximum atomic E-state index is 6.25. The van der Waals surface area contributed by atoms with Crippen LogP contribution in [0, 0.1) is 6.92 Å². The molecule has 0 aromatic heterocycles. The smallest absolute Gasteiger partial charge is 0.110 e. The quantitative estimate of drug-likeness (QED) is 0.822. The van der Waals surface area contributed by atoms with Crippen LogP contribution in [-0.2, 0) is 12.0 Å². The minimum atomic E-state index is 0.0851. The summed E-state index contributed by atoms with van der Waals surface area (Å²) in [6.45, 7) is 7.92. The highest BCUT2D eigenvalue weighted by Crippen LogP contribution is 2.51. The van der Waals surface area contributed by atoms with Crippen LogP contribution in [0.1, 0.15) is 48.8 Å².